The summed E-state index contributed by atoms with van der Waals surface area (Å²) < 4.78 is 12.1. The summed E-state index contributed by atoms with van der Waals surface area (Å²) in [5, 5.41) is 2.97. The van der Waals surface area contributed by atoms with Gasteiger partial charge in [0.1, 0.15) is 5.69 Å². The summed E-state index contributed by atoms with van der Waals surface area (Å²) in [6, 6.07) is 9.02. The fourth-order valence-corrected chi connectivity index (χ4v) is 2.10. The maximum absolute atomic E-state index is 11.8. The molecule has 1 heterocycles. The van der Waals surface area contributed by atoms with E-state index < -0.39 is 19.8 Å². The third-order valence-corrected chi connectivity index (χ3v) is 3.16. The maximum atomic E-state index is 11.8. The number of rotatable bonds is 3. The Kier molecular flexibility index (Phi) is 8.28. The van der Waals surface area contributed by atoms with Crippen molar-refractivity contribution >= 4 is 24.4 Å². The topological polar surface area (TPSA) is 97.2 Å². The first-order valence-electron chi connectivity index (χ1n) is 5.22. The van der Waals surface area contributed by atoms with E-state index in [0.717, 1.165) is 10.9 Å². The molecule has 0 aliphatic rings. The minimum absolute atomic E-state index is 0. The van der Waals surface area contributed by atoms with E-state index in [4.69, 9.17) is 0 Å². The second-order valence-corrected chi connectivity index (χ2v) is 5.46. The molecule has 0 spiro atoms. The first-order chi connectivity index (χ1) is 8.38. The van der Waals surface area contributed by atoms with Crippen LogP contribution in [0.25, 0.3) is 10.9 Å². The Morgan fingerprint density at radius 1 is 1.30 bits per heavy atom. The van der Waals surface area contributed by atoms with Gasteiger partial charge in [0, 0.05) is 24.2 Å². The molecule has 6 nitrogen and oxygen atoms in total. The van der Waals surface area contributed by atoms with E-state index in [0.29, 0.717) is 5.69 Å². The van der Waals surface area contributed by atoms with Crippen molar-refractivity contribution in [2.24, 2.45) is 7.05 Å². The number of hydrogen-bond donors (Lipinski definition) is 1. The Balaban J connectivity index is 0.00000180. The van der Waals surface area contributed by atoms with E-state index >= 15 is 0 Å². The molecule has 0 bridgehead atoms. The molecular weight excluding hydrogens is 301 g/mol. The van der Waals surface area contributed by atoms with Gasteiger partial charge in [-0.25, -0.2) is 0 Å². The Morgan fingerprint density at radius 2 is 1.90 bits per heavy atom. The molecule has 1 amide bonds. The van der Waals surface area contributed by atoms with Crippen molar-refractivity contribution in [3.63, 3.8) is 0 Å². The molecule has 0 aliphatic heterocycles. The number of hydrogen-bond acceptors (Lipinski definition) is 4. The van der Waals surface area contributed by atoms with Gasteiger partial charge in [-0.1, -0.05) is 18.2 Å². The quantitative estimate of drug-likeness (QED) is 0.450. The number of para-hydroxylation sites is 1. The Morgan fingerprint density at radius 3 is 2.45 bits per heavy atom. The van der Waals surface area contributed by atoms with Crippen LogP contribution in [0.4, 0.5) is 0 Å². The number of nitrogens with zero attached hydrogens (tertiary/aromatic N) is 1. The first-order valence-corrected chi connectivity index (χ1v) is 6.95. The number of fused-ring (bicyclic) bond motifs is 1. The van der Waals surface area contributed by atoms with Crippen LogP contribution in [0.5, 0.6) is 0 Å². The van der Waals surface area contributed by atoms with Crippen molar-refractivity contribution in [2.75, 3.05) is 6.29 Å². The summed E-state index contributed by atoms with van der Waals surface area (Å²) in [6.45, 7) is 0. The van der Waals surface area contributed by atoms with Crippen molar-refractivity contribution in [3.8, 4) is 0 Å². The molecule has 9 heteroatoms. The third kappa shape index (κ3) is 4.98. The zero-order valence-electron chi connectivity index (χ0n) is 11.6. The average Bonchev–Trinajstić information content (AvgIpc) is 2.64. The van der Waals surface area contributed by atoms with Crippen LogP contribution in [-0.2, 0) is 11.6 Å². The molecule has 1 N–H and O–H groups in total. The molecule has 20 heavy (non-hydrogen) atoms. The standard InChI is InChI=1S/C11H13N2O4P.2Na/c1-13-9-5-3-2-4-8(9)6-10(13)11(14)12-7-18(15,16)17;;/h2-6H,7H2,1H3,(H,12,14)(H2,15,16,17);;/q;2*+1/p-2. The summed E-state index contributed by atoms with van der Waals surface area (Å²) >= 11 is 0. The second kappa shape index (κ2) is 8.13. The van der Waals surface area contributed by atoms with Gasteiger partial charge in [-0.2, -0.15) is 0 Å². The van der Waals surface area contributed by atoms with E-state index in [1.165, 1.54) is 0 Å². The Bertz CT molecular complexity index is 653. The van der Waals surface area contributed by atoms with Crippen LogP contribution in [0.2, 0.25) is 0 Å². The van der Waals surface area contributed by atoms with Crippen LogP contribution in [0.15, 0.2) is 30.3 Å². The number of aryl methyl sites for hydroxylation is 1. The van der Waals surface area contributed by atoms with Gasteiger partial charge in [0.05, 0.1) is 0 Å². The summed E-state index contributed by atoms with van der Waals surface area (Å²) in [6.07, 6.45) is -0.882. The number of benzene rings is 1. The number of nitrogens with one attached hydrogen (secondary N) is 1. The largest absolute Gasteiger partial charge is 1.00 e. The summed E-state index contributed by atoms with van der Waals surface area (Å²) in [5.74, 6) is -0.583. The van der Waals surface area contributed by atoms with E-state index in [9.17, 15) is 19.1 Å². The van der Waals surface area contributed by atoms with E-state index in [1.807, 2.05) is 24.3 Å². The number of carbonyl (C=O) groups excluding carboxylic acids is 1. The van der Waals surface area contributed by atoms with Crippen molar-refractivity contribution in [2.45, 2.75) is 0 Å². The molecule has 1 aromatic carbocycles. The molecule has 1 aromatic heterocycles. The van der Waals surface area contributed by atoms with Crippen LogP contribution in [0.1, 0.15) is 10.5 Å². The van der Waals surface area contributed by atoms with Crippen molar-refractivity contribution in [1.82, 2.24) is 9.88 Å². The zero-order chi connectivity index (χ0) is 13.3. The zero-order valence-corrected chi connectivity index (χ0v) is 16.5. The van der Waals surface area contributed by atoms with Crippen LogP contribution in [0, 0.1) is 0 Å². The van der Waals surface area contributed by atoms with Gasteiger partial charge in [0.15, 0.2) is 0 Å². The normalized spacial score (nSPS) is 10.6. The summed E-state index contributed by atoms with van der Waals surface area (Å²) in [7, 11) is -3.03. The van der Waals surface area contributed by atoms with Crippen molar-refractivity contribution < 1.29 is 78.3 Å². The van der Waals surface area contributed by atoms with Crippen molar-refractivity contribution in [3.05, 3.63) is 36.0 Å². The molecule has 2 aromatic rings. The van der Waals surface area contributed by atoms with E-state index in [-0.39, 0.29) is 59.1 Å². The number of amides is 1. The van der Waals surface area contributed by atoms with Gasteiger partial charge in [0.2, 0.25) is 0 Å². The minimum atomic E-state index is -4.73. The monoisotopic (exact) mass is 312 g/mol. The van der Waals surface area contributed by atoms with Crippen LogP contribution < -0.4 is 74.2 Å². The summed E-state index contributed by atoms with van der Waals surface area (Å²) in [4.78, 5) is 32.7. The Labute approximate surface area is 160 Å². The van der Waals surface area contributed by atoms with Crippen LogP contribution in [-0.4, -0.2) is 16.8 Å². The minimum Gasteiger partial charge on any atom is -0.810 e. The van der Waals surface area contributed by atoms with Gasteiger partial charge in [-0.15, -0.1) is 0 Å². The number of carbonyl (C=O) groups is 1. The average molecular weight is 312 g/mol. The van der Waals surface area contributed by atoms with Gasteiger partial charge in [0.25, 0.3) is 5.91 Å². The fourth-order valence-electron chi connectivity index (χ4n) is 1.77. The third-order valence-electron chi connectivity index (χ3n) is 2.62. The predicted molar refractivity (Wildman–Crippen MR) is 62.9 cm³/mol. The van der Waals surface area contributed by atoms with Gasteiger partial charge in [-0.3, -0.25) is 4.79 Å². The molecule has 2 rings (SSSR count). The second-order valence-electron chi connectivity index (χ2n) is 3.92. The molecule has 0 fully saturated rings. The fraction of sp³-hybridized carbons (Fsp3) is 0.182. The molecule has 0 saturated carbocycles. The first kappa shape index (κ1) is 20.4. The van der Waals surface area contributed by atoms with Crippen molar-refractivity contribution in [1.29, 1.82) is 0 Å². The van der Waals surface area contributed by atoms with Crippen LogP contribution in [0.3, 0.4) is 0 Å². The van der Waals surface area contributed by atoms with Gasteiger partial charge in [-0.05, 0) is 19.7 Å². The van der Waals surface area contributed by atoms with E-state index in [2.05, 4.69) is 5.32 Å². The molecule has 0 radical (unpaired) electrons. The van der Waals surface area contributed by atoms with Gasteiger partial charge >= 0.3 is 59.1 Å². The smallest absolute Gasteiger partial charge is 0.810 e. The maximum Gasteiger partial charge on any atom is 1.00 e. The molecular formula is C11H11N2Na2O4P. The molecule has 0 atom stereocenters. The summed E-state index contributed by atoms with van der Waals surface area (Å²) in [5.41, 5.74) is 1.17. The number of aromatic nitrogens is 1. The molecule has 0 unspecified atom stereocenters. The molecule has 0 saturated heterocycles. The van der Waals surface area contributed by atoms with Gasteiger partial charge < -0.3 is 24.2 Å². The molecule has 96 valence electrons. The van der Waals surface area contributed by atoms with Crippen LogP contribution >= 0.6 is 7.60 Å². The SMILES string of the molecule is Cn1c(C(=O)NCP(=O)([O-])[O-])cc2ccccc21.[Na+].[Na+]. The predicted octanol–water partition coefficient (Wildman–Crippen LogP) is -6.21. The molecule has 0 aliphatic carbocycles. The Hall–Kier alpha value is 0.380. The van der Waals surface area contributed by atoms with E-state index in [1.54, 1.807) is 17.7 Å².